The number of nitrogens with one attached hydrogen (secondary N) is 1. The number of carbonyl (C=O) groups excluding carboxylic acids is 2. The second kappa shape index (κ2) is 10.4. The smallest absolute Gasteiger partial charge is 0.338 e. The van der Waals surface area contributed by atoms with Gasteiger partial charge in [-0.3, -0.25) is 4.79 Å². The molecule has 1 aliphatic heterocycles. The molecule has 0 atom stereocenters. The van der Waals surface area contributed by atoms with Gasteiger partial charge in [0.25, 0.3) is 5.91 Å². The van der Waals surface area contributed by atoms with Gasteiger partial charge in [0.15, 0.2) is 18.2 Å². The van der Waals surface area contributed by atoms with Crippen molar-refractivity contribution in [1.82, 2.24) is 4.31 Å². The SMILES string of the molecule is O=C(COC(=O)c1ccc(Cl)c(S(=O)(=O)N2CCCCCC2)c1)Nc1ccc(F)c(F)c1. The number of sulfonamides is 1. The summed E-state index contributed by atoms with van der Waals surface area (Å²) in [6.45, 7) is 0.0314. The van der Waals surface area contributed by atoms with Gasteiger partial charge in [0, 0.05) is 24.8 Å². The first-order valence-electron chi connectivity index (χ1n) is 9.90. The molecule has 1 saturated heterocycles. The van der Waals surface area contributed by atoms with Crippen molar-refractivity contribution in [3.63, 3.8) is 0 Å². The third-order valence-corrected chi connectivity index (χ3v) is 7.27. The summed E-state index contributed by atoms with van der Waals surface area (Å²) in [4.78, 5) is 24.1. The van der Waals surface area contributed by atoms with Gasteiger partial charge in [0.05, 0.1) is 10.6 Å². The maximum absolute atomic E-state index is 13.2. The van der Waals surface area contributed by atoms with E-state index in [0.29, 0.717) is 13.1 Å². The first kappa shape index (κ1) is 24.1. The highest BCUT2D eigenvalue weighted by atomic mass is 35.5. The van der Waals surface area contributed by atoms with Crippen molar-refractivity contribution in [3.8, 4) is 0 Å². The number of amides is 1. The zero-order chi connectivity index (χ0) is 23.3. The Hall–Kier alpha value is -2.56. The van der Waals surface area contributed by atoms with Crippen LogP contribution < -0.4 is 5.32 Å². The zero-order valence-corrected chi connectivity index (χ0v) is 18.5. The first-order valence-corrected chi connectivity index (χ1v) is 11.7. The van der Waals surface area contributed by atoms with Crippen molar-refractivity contribution < 1.29 is 31.5 Å². The second-order valence-corrected chi connectivity index (χ2v) is 9.53. The van der Waals surface area contributed by atoms with Crippen molar-refractivity contribution in [2.75, 3.05) is 25.0 Å². The number of carbonyl (C=O) groups is 2. The molecule has 0 aromatic heterocycles. The molecule has 0 saturated carbocycles. The number of benzene rings is 2. The number of hydrogen-bond donors (Lipinski definition) is 1. The second-order valence-electron chi connectivity index (χ2n) is 7.22. The molecule has 1 N–H and O–H groups in total. The lowest BCUT2D eigenvalue weighted by atomic mass is 10.2. The highest BCUT2D eigenvalue weighted by Crippen LogP contribution is 2.28. The van der Waals surface area contributed by atoms with E-state index in [-0.39, 0.29) is 21.2 Å². The molecule has 1 heterocycles. The maximum atomic E-state index is 13.2. The fourth-order valence-corrected chi connectivity index (χ4v) is 5.25. The summed E-state index contributed by atoms with van der Waals surface area (Å²) >= 11 is 6.11. The molecule has 0 aliphatic carbocycles. The third kappa shape index (κ3) is 5.81. The molecule has 0 bridgehead atoms. The number of esters is 1. The van der Waals surface area contributed by atoms with Crippen LogP contribution in [0.2, 0.25) is 5.02 Å². The molecule has 172 valence electrons. The van der Waals surface area contributed by atoms with E-state index >= 15 is 0 Å². The summed E-state index contributed by atoms with van der Waals surface area (Å²) in [6.07, 6.45) is 3.37. The van der Waals surface area contributed by atoms with Crippen LogP contribution in [0.25, 0.3) is 0 Å². The first-order chi connectivity index (χ1) is 15.2. The van der Waals surface area contributed by atoms with E-state index in [2.05, 4.69) is 5.32 Å². The van der Waals surface area contributed by atoms with Crippen LogP contribution in [0.4, 0.5) is 14.5 Å². The number of anilines is 1. The Labute approximate surface area is 189 Å². The average molecular weight is 487 g/mol. The predicted molar refractivity (Wildman–Crippen MR) is 114 cm³/mol. The van der Waals surface area contributed by atoms with Gasteiger partial charge < -0.3 is 10.1 Å². The molecule has 2 aromatic carbocycles. The molecule has 7 nitrogen and oxygen atoms in total. The molecule has 0 radical (unpaired) electrons. The van der Waals surface area contributed by atoms with Crippen molar-refractivity contribution in [2.24, 2.45) is 0 Å². The maximum Gasteiger partial charge on any atom is 0.338 e. The Morgan fingerprint density at radius 2 is 1.69 bits per heavy atom. The Balaban J connectivity index is 1.68. The van der Waals surface area contributed by atoms with E-state index in [1.54, 1.807) is 0 Å². The van der Waals surface area contributed by atoms with Crippen LogP contribution in [0.15, 0.2) is 41.3 Å². The summed E-state index contributed by atoms with van der Waals surface area (Å²) in [5.74, 6) is -3.92. The Morgan fingerprint density at radius 3 is 2.34 bits per heavy atom. The summed E-state index contributed by atoms with van der Waals surface area (Å²) in [6, 6.07) is 6.48. The van der Waals surface area contributed by atoms with Gasteiger partial charge in [-0.1, -0.05) is 24.4 Å². The molecule has 11 heteroatoms. The number of halogens is 3. The van der Waals surface area contributed by atoms with Gasteiger partial charge in [-0.15, -0.1) is 0 Å². The van der Waals surface area contributed by atoms with Gasteiger partial charge in [0.1, 0.15) is 4.90 Å². The van der Waals surface area contributed by atoms with E-state index < -0.39 is 40.1 Å². The van der Waals surface area contributed by atoms with E-state index in [4.69, 9.17) is 16.3 Å². The van der Waals surface area contributed by atoms with Crippen LogP contribution in [0.3, 0.4) is 0 Å². The van der Waals surface area contributed by atoms with Gasteiger partial charge >= 0.3 is 5.97 Å². The minimum Gasteiger partial charge on any atom is -0.452 e. The fourth-order valence-electron chi connectivity index (χ4n) is 3.23. The average Bonchev–Trinajstić information content (AvgIpc) is 3.05. The summed E-state index contributed by atoms with van der Waals surface area (Å²) < 4.78 is 58.5. The molecule has 2 aromatic rings. The largest absolute Gasteiger partial charge is 0.452 e. The Bertz CT molecular complexity index is 1120. The van der Waals surface area contributed by atoms with E-state index in [1.807, 2.05) is 0 Å². The minimum atomic E-state index is -3.90. The minimum absolute atomic E-state index is 0.0118. The van der Waals surface area contributed by atoms with Crippen molar-refractivity contribution >= 4 is 39.2 Å². The predicted octanol–water partition coefficient (Wildman–Crippen LogP) is 3.98. The monoisotopic (exact) mass is 486 g/mol. The van der Waals surface area contributed by atoms with Gasteiger partial charge in [-0.25, -0.2) is 22.0 Å². The summed E-state index contributed by atoms with van der Waals surface area (Å²) in [7, 11) is -3.90. The lowest BCUT2D eigenvalue weighted by molar-refractivity contribution is -0.119. The molecule has 32 heavy (non-hydrogen) atoms. The van der Waals surface area contributed by atoms with E-state index in [9.17, 15) is 26.8 Å². The van der Waals surface area contributed by atoms with Crippen LogP contribution in [0.1, 0.15) is 36.0 Å². The quantitative estimate of drug-likeness (QED) is 0.623. The third-order valence-electron chi connectivity index (χ3n) is 4.89. The molecule has 1 fully saturated rings. The van der Waals surface area contributed by atoms with Crippen LogP contribution in [-0.2, 0) is 19.6 Å². The molecule has 0 spiro atoms. The van der Waals surface area contributed by atoms with Crippen LogP contribution in [0, 0.1) is 11.6 Å². The fraction of sp³-hybridized carbons (Fsp3) is 0.333. The standard InChI is InChI=1S/C21H21ClF2N2O5S/c22-16-7-5-14(11-19(16)32(29,30)26-9-3-1-2-4-10-26)21(28)31-13-20(27)25-15-6-8-17(23)18(24)12-15/h5-8,11-12H,1-4,9-10,13H2,(H,25,27). The van der Waals surface area contributed by atoms with E-state index in [1.165, 1.54) is 16.4 Å². The highest BCUT2D eigenvalue weighted by Gasteiger charge is 2.28. The van der Waals surface area contributed by atoms with Crippen LogP contribution >= 0.6 is 11.6 Å². The number of rotatable bonds is 6. The topological polar surface area (TPSA) is 92.8 Å². The van der Waals surface area contributed by atoms with Gasteiger partial charge in [-0.2, -0.15) is 4.31 Å². The number of hydrogen-bond acceptors (Lipinski definition) is 5. The zero-order valence-electron chi connectivity index (χ0n) is 16.9. The van der Waals surface area contributed by atoms with Crippen molar-refractivity contribution in [1.29, 1.82) is 0 Å². The number of nitrogens with zero attached hydrogens (tertiary/aromatic N) is 1. The molecule has 3 rings (SSSR count). The Morgan fingerprint density at radius 1 is 1.00 bits per heavy atom. The molecule has 0 unspecified atom stereocenters. The summed E-state index contributed by atoms with van der Waals surface area (Å²) in [5, 5.41) is 2.24. The lowest BCUT2D eigenvalue weighted by Gasteiger charge is -2.21. The highest BCUT2D eigenvalue weighted by molar-refractivity contribution is 7.89. The number of ether oxygens (including phenoxy) is 1. The summed E-state index contributed by atoms with van der Waals surface area (Å²) in [5.41, 5.74) is -0.106. The van der Waals surface area contributed by atoms with Crippen molar-refractivity contribution in [3.05, 3.63) is 58.6 Å². The van der Waals surface area contributed by atoms with E-state index in [0.717, 1.165) is 49.9 Å². The Kier molecular flexibility index (Phi) is 7.81. The lowest BCUT2D eigenvalue weighted by Crippen LogP contribution is -2.32. The molecular weight excluding hydrogens is 466 g/mol. The normalized spacial score (nSPS) is 15.1. The van der Waals surface area contributed by atoms with Crippen molar-refractivity contribution in [2.45, 2.75) is 30.6 Å². The van der Waals surface area contributed by atoms with Gasteiger partial charge in [-0.05, 0) is 43.2 Å². The molecule has 1 aliphatic rings. The van der Waals surface area contributed by atoms with Crippen LogP contribution in [0.5, 0.6) is 0 Å². The molecular formula is C21H21ClF2N2O5S. The molecule has 1 amide bonds. The van der Waals surface area contributed by atoms with Crippen LogP contribution in [-0.4, -0.2) is 44.3 Å². The van der Waals surface area contributed by atoms with Gasteiger partial charge in [0.2, 0.25) is 10.0 Å².